The SMILES string of the molecule is Nc1ncc(-c2cnn(C3CCCCC3)c2)c2c(Cl)c(-c3ccc4c(c3)C=CC4)oc12. The molecular weight excluding hydrogens is 408 g/mol. The monoisotopic (exact) mass is 430 g/mol. The van der Waals surface area contributed by atoms with Crippen LogP contribution in [0.15, 0.2) is 47.3 Å². The number of benzene rings is 1. The molecule has 3 heterocycles. The molecule has 3 aromatic heterocycles. The highest BCUT2D eigenvalue weighted by atomic mass is 35.5. The van der Waals surface area contributed by atoms with E-state index in [0.717, 1.165) is 28.5 Å². The van der Waals surface area contributed by atoms with Crippen LogP contribution in [0.4, 0.5) is 5.82 Å². The molecule has 2 aliphatic carbocycles. The molecule has 1 fully saturated rings. The molecule has 0 bridgehead atoms. The van der Waals surface area contributed by atoms with E-state index in [9.17, 15) is 0 Å². The minimum atomic E-state index is 0.340. The number of hydrogen-bond acceptors (Lipinski definition) is 4. The average Bonchev–Trinajstić information content (AvgIpc) is 3.54. The van der Waals surface area contributed by atoms with Crippen molar-refractivity contribution in [1.82, 2.24) is 14.8 Å². The molecule has 1 aromatic carbocycles. The highest BCUT2D eigenvalue weighted by Gasteiger charge is 2.23. The normalized spacial score (nSPS) is 16.3. The van der Waals surface area contributed by atoms with Crippen LogP contribution in [0.2, 0.25) is 5.02 Å². The lowest BCUT2D eigenvalue weighted by molar-refractivity contribution is 0.329. The van der Waals surface area contributed by atoms with Crippen LogP contribution in [0.5, 0.6) is 0 Å². The van der Waals surface area contributed by atoms with Gasteiger partial charge in [0.15, 0.2) is 17.2 Å². The molecule has 156 valence electrons. The van der Waals surface area contributed by atoms with Crippen LogP contribution in [-0.2, 0) is 6.42 Å². The molecule has 0 amide bonds. The number of nitrogens with two attached hydrogens (primary N) is 1. The Morgan fingerprint density at radius 2 is 1.97 bits per heavy atom. The zero-order valence-corrected chi connectivity index (χ0v) is 17.9. The van der Waals surface area contributed by atoms with Gasteiger partial charge in [-0.05, 0) is 36.5 Å². The third kappa shape index (κ3) is 3.07. The largest absolute Gasteiger partial charge is 0.451 e. The number of nitrogen functional groups attached to an aromatic ring is 1. The second-order valence-electron chi connectivity index (χ2n) is 8.53. The lowest BCUT2D eigenvalue weighted by Crippen LogP contribution is -2.12. The molecule has 2 aliphatic rings. The Bertz CT molecular complexity index is 1330. The Hall–Kier alpha value is -3.05. The van der Waals surface area contributed by atoms with Gasteiger partial charge < -0.3 is 10.2 Å². The maximum atomic E-state index is 6.90. The standard InChI is InChI=1S/C25H23ClN4O/c26-22-21-20(18-12-29-30(14-18)19-7-2-1-3-8-19)13-28-25(27)24(21)31-23(22)17-10-9-15-5-4-6-16(15)11-17/h4,6,9-14,19H,1-3,5,7-8H2,(H2,27,28). The van der Waals surface area contributed by atoms with Crippen LogP contribution in [0, 0.1) is 0 Å². The maximum absolute atomic E-state index is 6.90. The summed E-state index contributed by atoms with van der Waals surface area (Å²) < 4.78 is 8.29. The molecule has 0 atom stereocenters. The highest BCUT2D eigenvalue weighted by Crippen LogP contribution is 2.44. The summed E-state index contributed by atoms with van der Waals surface area (Å²) in [5.74, 6) is 0.966. The third-order valence-electron chi connectivity index (χ3n) is 6.59. The number of halogens is 1. The fourth-order valence-electron chi connectivity index (χ4n) is 4.91. The van der Waals surface area contributed by atoms with Crippen LogP contribution in [0.25, 0.3) is 39.5 Å². The fourth-order valence-corrected chi connectivity index (χ4v) is 5.24. The first-order valence-electron chi connectivity index (χ1n) is 10.9. The quantitative estimate of drug-likeness (QED) is 0.394. The maximum Gasteiger partial charge on any atom is 0.179 e. The average molecular weight is 431 g/mol. The first-order valence-corrected chi connectivity index (χ1v) is 11.3. The molecule has 0 aliphatic heterocycles. The van der Waals surface area contributed by atoms with Crippen LogP contribution >= 0.6 is 11.6 Å². The number of aromatic nitrogens is 3. The molecule has 2 N–H and O–H groups in total. The van der Waals surface area contributed by atoms with E-state index < -0.39 is 0 Å². The zero-order valence-electron chi connectivity index (χ0n) is 17.1. The topological polar surface area (TPSA) is 69.9 Å². The van der Waals surface area contributed by atoms with E-state index in [1.165, 1.54) is 43.2 Å². The zero-order chi connectivity index (χ0) is 20.9. The molecule has 31 heavy (non-hydrogen) atoms. The molecule has 5 nitrogen and oxygen atoms in total. The summed E-state index contributed by atoms with van der Waals surface area (Å²) in [7, 11) is 0. The van der Waals surface area contributed by atoms with Gasteiger partial charge in [-0.15, -0.1) is 0 Å². The highest BCUT2D eigenvalue weighted by molar-refractivity contribution is 6.39. The Kier molecular flexibility index (Phi) is 4.39. The Labute approximate surface area is 185 Å². The second kappa shape index (κ2) is 7.27. The molecule has 1 saturated carbocycles. The predicted octanol–water partition coefficient (Wildman–Crippen LogP) is 6.67. The fraction of sp³-hybridized carbons (Fsp3) is 0.280. The lowest BCUT2D eigenvalue weighted by atomic mass is 9.96. The van der Waals surface area contributed by atoms with Gasteiger partial charge in [-0.1, -0.05) is 55.1 Å². The summed E-state index contributed by atoms with van der Waals surface area (Å²) in [6.07, 6.45) is 17.2. The minimum Gasteiger partial charge on any atom is -0.451 e. The summed E-state index contributed by atoms with van der Waals surface area (Å²) >= 11 is 6.90. The number of hydrogen-bond donors (Lipinski definition) is 1. The number of allylic oxidation sites excluding steroid dienone is 1. The molecule has 0 radical (unpaired) electrons. The number of fused-ring (bicyclic) bond motifs is 2. The number of pyridine rings is 1. The van der Waals surface area contributed by atoms with Gasteiger partial charge in [-0.25, -0.2) is 4.98 Å². The van der Waals surface area contributed by atoms with Crippen LogP contribution in [-0.4, -0.2) is 14.8 Å². The molecule has 0 unspecified atom stereocenters. The summed E-state index contributed by atoms with van der Waals surface area (Å²) in [6.45, 7) is 0. The Balaban J connectivity index is 1.47. The van der Waals surface area contributed by atoms with Gasteiger partial charge in [0, 0.05) is 29.1 Å². The summed E-state index contributed by atoms with van der Waals surface area (Å²) in [5, 5.41) is 6.01. The van der Waals surface area contributed by atoms with E-state index in [2.05, 4.69) is 51.3 Å². The first kappa shape index (κ1) is 18.7. The smallest absolute Gasteiger partial charge is 0.179 e. The van der Waals surface area contributed by atoms with Gasteiger partial charge in [0.1, 0.15) is 0 Å². The molecule has 0 spiro atoms. The van der Waals surface area contributed by atoms with Gasteiger partial charge in [0.05, 0.1) is 22.6 Å². The van der Waals surface area contributed by atoms with Crippen molar-refractivity contribution in [2.24, 2.45) is 0 Å². The van der Waals surface area contributed by atoms with Gasteiger partial charge in [-0.3, -0.25) is 4.68 Å². The second-order valence-corrected chi connectivity index (χ2v) is 8.91. The summed E-state index contributed by atoms with van der Waals surface area (Å²) in [4.78, 5) is 4.39. The number of anilines is 1. The van der Waals surface area contributed by atoms with Crippen molar-refractivity contribution < 1.29 is 4.42 Å². The number of rotatable bonds is 3. The molecule has 6 rings (SSSR count). The lowest BCUT2D eigenvalue weighted by Gasteiger charge is -2.21. The van der Waals surface area contributed by atoms with Crippen molar-refractivity contribution in [2.45, 2.75) is 44.6 Å². The van der Waals surface area contributed by atoms with E-state index in [4.69, 9.17) is 21.8 Å². The molecule has 0 saturated heterocycles. The van der Waals surface area contributed by atoms with Crippen molar-refractivity contribution >= 4 is 34.5 Å². The van der Waals surface area contributed by atoms with Crippen LogP contribution in [0.3, 0.4) is 0 Å². The Morgan fingerprint density at radius 3 is 2.84 bits per heavy atom. The Morgan fingerprint density at radius 1 is 1.10 bits per heavy atom. The summed E-state index contributed by atoms with van der Waals surface area (Å²) in [6, 6.07) is 6.77. The van der Waals surface area contributed by atoms with Gasteiger partial charge in [0.2, 0.25) is 0 Å². The van der Waals surface area contributed by atoms with E-state index in [-0.39, 0.29) is 0 Å². The van der Waals surface area contributed by atoms with Crippen LogP contribution < -0.4 is 5.73 Å². The first-order chi connectivity index (χ1) is 15.2. The van der Waals surface area contributed by atoms with E-state index in [1.54, 1.807) is 6.20 Å². The molecular formula is C25H23ClN4O. The van der Waals surface area contributed by atoms with Crippen LogP contribution in [0.1, 0.15) is 49.3 Å². The van der Waals surface area contributed by atoms with E-state index in [0.29, 0.717) is 28.2 Å². The van der Waals surface area contributed by atoms with Gasteiger partial charge in [0.25, 0.3) is 0 Å². The number of furan rings is 1. The third-order valence-corrected chi connectivity index (χ3v) is 6.95. The summed E-state index contributed by atoms with van der Waals surface area (Å²) in [5.41, 5.74) is 12.0. The molecule has 4 aromatic rings. The van der Waals surface area contributed by atoms with Crippen molar-refractivity contribution in [3.63, 3.8) is 0 Å². The van der Waals surface area contributed by atoms with Crippen molar-refractivity contribution in [1.29, 1.82) is 0 Å². The minimum absolute atomic E-state index is 0.340. The predicted molar refractivity (Wildman–Crippen MR) is 125 cm³/mol. The van der Waals surface area contributed by atoms with Gasteiger partial charge >= 0.3 is 0 Å². The van der Waals surface area contributed by atoms with E-state index >= 15 is 0 Å². The van der Waals surface area contributed by atoms with Crippen molar-refractivity contribution in [3.05, 3.63) is 59.0 Å². The van der Waals surface area contributed by atoms with Crippen molar-refractivity contribution in [2.75, 3.05) is 5.73 Å². The van der Waals surface area contributed by atoms with Crippen molar-refractivity contribution in [3.8, 4) is 22.5 Å². The van der Waals surface area contributed by atoms with Gasteiger partial charge in [-0.2, -0.15) is 5.10 Å². The number of nitrogens with zero attached hydrogens (tertiary/aromatic N) is 3. The molecule has 6 heteroatoms. The van der Waals surface area contributed by atoms with E-state index in [1.807, 2.05) is 6.20 Å².